The van der Waals surface area contributed by atoms with E-state index in [0.717, 1.165) is 99.8 Å². The third kappa shape index (κ3) is 10.2. The van der Waals surface area contributed by atoms with Crippen molar-refractivity contribution in [2.45, 2.75) is 113 Å². The summed E-state index contributed by atoms with van der Waals surface area (Å²) in [5.41, 5.74) is 6.04. The highest BCUT2D eigenvalue weighted by Gasteiger charge is 2.51. The molecule has 1 spiro atoms. The lowest BCUT2D eigenvalue weighted by Crippen LogP contribution is -2.60. The third-order valence-electron chi connectivity index (χ3n) is 18.8. The number of hydrogen-bond acceptors (Lipinski definition) is 18. The second-order valence-electron chi connectivity index (χ2n) is 24.0. The fourth-order valence-electron chi connectivity index (χ4n) is 14.5. The van der Waals surface area contributed by atoms with Crippen molar-refractivity contribution in [3.05, 3.63) is 124 Å². The molecule has 21 nitrogen and oxygen atoms in total. The molecule has 22 heteroatoms. The minimum Gasteiger partial charge on any atom is -0.491 e. The molecule has 3 aromatic heterocycles. The molecule has 0 bridgehead atoms. The van der Waals surface area contributed by atoms with Crippen LogP contribution >= 0.6 is 0 Å². The van der Waals surface area contributed by atoms with E-state index in [9.17, 15) is 23.3 Å². The lowest BCUT2D eigenvalue weighted by atomic mass is 9.59. The summed E-state index contributed by atoms with van der Waals surface area (Å²) in [5.74, 6) is 0.574. The maximum atomic E-state index is 15.0. The first kappa shape index (κ1) is 53.9. The Balaban J connectivity index is 0.740. The number of anilines is 4. The van der Waals surface area contributed by atoms with E-state index in [1.165, 1.54) is 17.2 Å². The Labute approximate surface area is 482 Å². The standard InChI is InChI=1S/C61H70N10O11S/c1-37(2)81-54-8-4-3-6-44(54)52-32-68(53-35-79-33-47-43(53)7-5-17-62-47)21-22-69(52)41-30-61(31-41)15-19-67(20-16-61)40-9-10-45(49(27-40)70-48-14-25-78-36-56(48)82-60-51(70)26-39-11-18-63-58(39)65-60)59(72)66-83(75,76)42-28-50(71(73)74)57-55(29-42)80-34-46(64-57)38-12-23-77-24-13-38/h3-11,17-18,26-29,37-38,41,46,48,52-53,56,64H,12-16,19-25,30-36H2,1-2H3,(H,63,65)(H,66,72)/t46-,48-,52-,53+,56-/m0/s1. The fraction of sp³-hybridized carbons (Fsp3) is 0.492. The zero-order valence-electron chi connectivity index (χ0n) is 46.7. The summed E-state index contributed by atoms with van der Waals surface area (Å²) in [6, 6.07) is 24.6. The highest BCUT2D eigenvalue weighted by Crippen LogP contribution is 2.55. The molecule has 10 heterocycles. The molecule has 7 aliphatic heterocycles. The summed E-state index contributed by atoms with van der Waals surface area (Å²) < 4.78 is 68.0. The van der Waals surface area contributed by atoms with Crippen LogP contribution in [0.5, 0.6) is 17.4 Å². The normalized spacial score (nSPS) is 24.8. The molecular formula is C61H70N10O11S. The van der Waals surface area contributed by atoms with Gasteiger partial charge in [-0.25, -0.2) is 13.1 Å². The lowest BCUT2D eigenvalue weighted by molar-refractivity contribution is -0.384. The van der Waals surface area contributed by atoms with E-state index in [1.807, 2.05) is 42.7 Å². The maximum absolute atomic E-state index is 15.0. The highest BCUT2D eigenvalue weighted by molar-refractivity contribution is 7.90. The molecule has 0 unspecified atom stereocenters. The number of piperazine rings is 1. The van der Waals surface area contributed by atoms with E-state index < -0.39 is 37.5 Å². The van der Waals surface area contributed by atoms with Gasteiger partial charge in [-0.3, -0.25) is 29.7 Å². The second kappa shape index (κ2) is 21.8. The Bertz CT molecular complexity index is 3560. The van der Waals surface area contributed by atoms with Crippen LogP contribution in [-0.4, -0.2) is 147 Å². The van der Waals surface area contributed by atoms with E-state index in [-0.39, 0.29) is 71.8 Å². The number of rotatable bonds is 12. The average Bonchev–Trinajstić information content (AvgIpc) is 4.15. The van der Waals surface area contributed by atoms with Crippen molar-refractivity contribution in [3.63, 3.8) is 0 Å². The summed E-state index contributed by atoms with van der Waals surface area (Å²) in [4.78, 5) is 49.0. The van der Waals surface area contributed by atoms with Crippen LogP contribution in [0.25, 0.3) is 11.0 Å². The number of sulfonamides is 1. The monoisotopic (exact) mass is 1150 g/mol. The Kier molecular flexibility index (Phi) is 14.2. The lowest BCUT2D eigenvalue weighted by Gasteiger charge is -2.58. The van der Waals surface area contributed by atoms with Gasteiger partial charge >= 0.3 is 0 Å². The number of fused-ring (bicyclic) bond motifs is 5. The smallest absolute Gasteiger partial charge is 0.297 e. The van der Waals surface area contributed by atoms with Gasteiger partial charge in [0.05, 0.1) is 76.9 Å². The number of hydrogen-bond donors (Lipinski definition) is 3. The van der Waals surface area contributed by atoms with Gasteiger partial charge in [-0.1, -0.05) is 24.3 Å². The number of amides is 1. The molecule has 0 radical (unpaired) electrons. The number of piperidine rings is 1. The molecule has 1 saturated carbocycles. The summed E-state index contributed by atoms with van der Waals surface area (Å²) in [7, 11) is -4.72. The number of H-pyrrole nitrogens is 1. The van der Waals surface area contributed by atoms with Crippen LogP contribution in [0, 0.1) is 21.4 Å². The fourth-order valence-corrected chi connectivity index (χ4v) is 15.5. The number of benzene rings is 3. The quantitative estimate of drug-likeness (QED) is 0.0771. The number of ether oxygens (including phenoxy) is 6. The predicted octanol–water partition coefficient (Wildman–Crippen LogP) is 8.44. The van der Waals surface area contributed by atoms with Crippen molar-refractivity contribution in [3.8, 4) is 17.4 Å². The summed E-state index contributed by atoms with van der Waals surface area (Å²) >= 11 is 0. The predicted molar refractivity (Wildman–Crippen MR) is 309 cm³/mol. The van der Waals surface area contributed by atoms with E-state index in [0.29, 0.717) is 68.4 Å². The van der Waals surface area contributed by atoms with Gasteiger partial charge in [0.2, 0.25) is 5.88 Å². The van der Waals surface area contributed by atoms with Crippen LogP contribution in [0.4, 0.5) is 28.4 Å². The van der Waals surface area contributed by atoms with E-state index in [4.69, 9.17) is 33.4 Å². The molecule has 3 aromatic carbocycles. The van der Waals surface area contributed by atoms with E-state index in [2.05, 4.69) is 83.8 Å². The maximum Gasteiger partial charge on any atom is 0.297 e. The number of nitrogens with one attached hydrogen (secondary N) is 3. The SMILES string of the molecule is CC(C)Oc1ccccc1[C@@H]1CN([C@@H]2COCc3ncccc32)CCN1C1CC2(CCN(c3ccc(C(=O)NS(=O)(=O)c4cc5c(c([N+](=O)[O-])c4)N[C@H](C4CCOCC4)CO5)c(N4c5cc6cc[nH]c6nc5O[C@H]5COCC[C@@H]54)c3)CC2)C1. The van der Waals surface area contributed by atoms with Gasteiger partial charge in [0, 0.05) is 99.7 Å². The summed E-state index contributed by atoms with van der Waals surface area (Å²) in [6.45, 7) is 11.7. The Morgan fingerprint density at radius 1 is 0.880 bits per heavy atom. The first-order valence-corrected chi connectivity index (χ1v) is 30.9. The van der Waals surface area contributed by atoms with Gasteiger partial charge in [-0.2, -0.15) is 4.98 Å². The zero-order chi connectivity index (χ0) is 56.6. The Morgan fingerprint density at radius 2 is 1.70 bits per heavy atom. The molecule has 4 saturated heterocycles. The minimum absolute atomic E-state index is 0.0239. The molecule has 5 fully saturated rings. The molecule has 1 amide bonds. The number of nitrogens with zero attached hydrogens (tertiary/aromatic N) is 7. The Morgan fingerprint density at radius 3 is 2.53 bits per heavy atom. The topological polar surface area (TPSA) is 228 Å². The van der Waals surface area contributed by atoms with Crippen molar-refractivity contribution in [1.29, 1.82) is 0 Å². The number of nitro groups is 1. The number of aromatic amines is 1. The molecule has 6 aromatic rings. The van der Waals surface area contributed by atoms with Crippen molar-refractivity contribution in [2.75, 3.05) is 87.5 Å². The first-order chi connectivity index (χ1) is 40.3. The number of carbonyl (C=O) groups excluding carboxylic acids is 1. The number of carbonyl (C=O) groups is 1. The van der Waals surface area contributed by atoms with Gasteiger partial charge in [-0.05, 0) is 118 Å². The van der Waals surface area contributed by atoms with Crippen molar-refractivity contribution in [2.24, 2.45) is 11.3 Å². The van der Waals surface area contributed by atoms with Crippen LogP contribution in [0.2, 0.25) is 0 Å². The van der Waals surface area contributed by atoms with Crippen LogP contribution in [0.3, 0.4) is 0 Å². The second-order valence-corrected chi connectivity index (χ2v) is 25.7. The molecule has 5 atom stereocenters. The van der Waals surface area contributed by atoms with Gasteiger partial charge in [0.1, 0.15) is 29.8 Å². The molecule has 14 rings (SSSR count). The number of nitro benzene ring substituents is 1. The van der Waals surface area contributed by atoms with Crippen LogP contribution in [-0.2, 0) is 30.8 Å². The largest absolute Gasteiger partial charge is 0.491 e. The number of aromatic nitrogens is 3. The number of para-hydroxylation sites is 1. The number of pyridine rings is 2. The highest BCUT2D eigenvalue weighted by atomic mass is 32.2. The molecule has 83 heavy (non-hydrogen) atoms. The van der Waals surface area contributed by atoms with Crippen LogP contribution in [0.15, 0.2) is 96.2 Å². The van der Waals surface area contributed by atoms with Crippen LogP contribution < -0.4 is 34.0 Å². The first-order valence-electron chi connectivity index (χ1n) is 29.4. The van der Waals surface area contributed by atoms with E-state index >= 15 is 0 Å². The zero-order valence-corrected chi connectivity index (χ0v) is 47.6. The summed E-state index contributed by atoms with van der Waals surface area (Å²) in [6.07, 6.45) is 9.48. The minimum atomic E-state index is -4.72. The van der Waals surface area contributed by atoms with Crippen molar-refractivity contribution in [1.82, 2.24) is 29.5 Å². The third-order valence-corrected chi connectivity index (χ3v) is 20.1. The molecular weight excluding hydrogens is 1080 g/mol. The molecule has 8 aliphatic rings. The van der Waals surface area contributed by atoms with Gasteiger partial charge in [-0.15, -0.1) is 0 Å². The van der Waals surface area contributed by atoms with Crippen molar-refractivity contribution < 1.29 is 46.6 Å². The van der Waals surface area contributed by atoms with Crippen molar-refractivity contribution >= 4 is 55.4 Å². The average molecular weight is 1150 g/mol. The summed E-state index contributed by atoms with van der Waals surface area (Å²) in [5, 5.41) is 16.7. The van der Waals surface area contributed by atoms with E-state index in [1.54, 1.807) is 6.07 Å². The van der Waals surface area contributed by atoms with Crippen LogP contribution in [0.1, 0.15) is 98.1 Å². The molecule has 436 valence electrons. The van der Waals surface area contributed by atoms with Gasteiger partial charge in [0.25, 0.3) is 21.6 Å². The van der Waals surface area contributed by atoms with Gasteiger partial charge in [0.15, 0.2) is 11.4 Å². The molecule has 3 N–H and O–H groups in total. The van der Waals surface area contributed by atoms with Gasteiger partial charge < -0.3 is 48.5 Å². The Hall–Kier alpha value is -7.08. The molecule has 1 aliphatic carbocycles.